The van der Waals surface area contributed by atoms with Crippen LogP contribution in [-0.4, -0.2) is 0 Å². The van der Waals surface area contributed by atoms with Crippen LogP contribution in [-0.2, 0) is 0 Å². The molecule has 7 rings (SSSR count). The van der Waals surface area contributed by atoms with Gasteiger partial charge in [-0.2, -0.15) is 10.5 Å². The van der Waals surface area contributed by atoms with E-state index in [-0.39, 0.29) is 0 Å². The van der Waals surface area contributed by atoms with Crippen molar-refractivity contribution in [2.75, 3.05) is 0 Å². The van der Waals surface area contributed by atoms with Gasteiger partial charge in [0, 0.05) is 0 Å². The second kappa shape index (κ2) is 12.6. The van der Waals surface area contributed by atoms with Gasteiger partial charge in [0.25, 0.3) is 0 Å². The summed E-state index contributed by atoms with van der Waals surface area (Å²) in [4.78, 5) is 0. The highest BCUT2D eigenvalue weighted by atomic mass is 14.2. The van der Waals surface area contributed by atoms with Crippen molar-refractivity contribution in [1.29, 1.82) is 10.5 Å². The molecule has 0 radical (unpaired) electrons. The molecule has 46 heavy (non-hydrogen) atoms. The van der Waals surface area contributed by atoms with E-state index in [0.29, 0.717) is 11.1 Å². The van der Waals surface area contributed by atoms with Crippen molar-refractivity contribution in [3.63, 3.8) is 0 Å². The monoisotopic (exact) mass is 584 g/mol. The van der Waals surface area contributed by atoms with Gasteiger partial charge in [0.15, 0.2) is 0 Å². The second-order valence-corrected chi connectivity index (χ2v) is 11.3. The summed E-state index contributed by atoms with van der Waals surface area (Å²) >= 11 is 0. The van der Waals surface area contributed by atoms with Gasteiger partial charge in [0.05, 0.1) is 23.3 Å². The van der Waals surface area contributed by atoms with Crippen LogP contribution in [0.1, 0.15) is 11.1 Å². The predicted octanol–water partition coefficient (Wildman–Crippen LogP) is 11.4. The molecular formula is C44H28N2. The Labute approximate surface area is 269 Å². The molecule has 0 aliphatic rings. The summed E-state index contributed by atoms with van der Waals surface area (Å²) in [5.41, 5.74) is 14.0. The number of hydrogen-bond acceptors (Lipinski definition) is 2. The van der Waals surface area contributed by atoms with E-state index in [1.54, 1.807) is 0 Å². The van der Waals surface area contributed by atoms with Crippen molar-refractivity contribution < 1.29 is 0 Å². The summed E-state index contributed by atoms with van der Waals surface area (Å²) in [5.74, 6) is 0. The van der Waals surface area contributed by atoms with E-state index in [0.717, 1.165) is 66.8 Å². The standard InChI is InChI=1S/C44H28N2/c45-29-31-21-41(27-43(23-31)39-15-7-13-37(25-39)33-9-3-1-4-10-33)35-17-19-36(20-18-35)42-22-32(30-46)24-44(28-42)40-16-8-14-38(26-40)34-11-5-2-6-12-34/h1-28H. The molecule has 0 saturated heterocycles. The molecule has 214 valence electrons. The van der Waals surface area contributed by atoms with E-state index in [1.807, 2.05) is 60.7 Å². The van der Waals surface area contributed by atoms with Crippen LogP contribution >= 0.6 is 0 Å². The minimum absolute atomic E-state index is 0.616. The molecule has 0 amide bonds. The van der Waals surface area contributed by atoms with E-state index >= 15 is 0 Å². The molecule has 0 bridgehead atoms. The third-order valence-corrected chi connectivity index (χ3v) is 8.28. The van der Waals surface area contributed by atoms with Gasteiger partial charge in [-0.15, -0.1) is 0 Å². The van der Waals surface area contributed by atoms with Crippen LogP contribution in [0.3, 0.4) is 0 Å². The summed E-state index contributed by atoms with van der Waals surface area (Å²) in [6, 6.07) is 62.6. The number of rotatable bonds is 6. The number of nitriles is 2. The average molecular weight is 585 g/mol. The van der Waals surface area contributed by atoms with Crippen LogP contribution in [0.25, 0.3) is 66.8 Å². The van der Waals surface area contributed by atoms with Crippen LogP contribution in [0.15, 0.2) is 170 Å². The first-order valence-corrected chi connectivity index (χ1v) is 15.2. The molecule has 2 nitrogen and oxygen atoms in total. The highest BCUT2D eigenvalue weighted by Gasteiger charge is 2.10. The van der Waals surface area contributed by atoms with Crippen LogP contribution in [0.4, 0.5) is 0 Å². The SMILES string of the molecule is N#Cc1cc(-c2ccc(-c3cc(C#N)cc(-c4cccc(-c5ccccc5)c4)c3)cc2)cc(-c2cccc(-c3ccccc3)c2)c1. The Bertz CT molecular complexity index is 2090. The van der Waals surface area contributed by atoms with E-state index in [4.69, 9.17) is 0 Å². The lowest BCUT2D eigenvalue weighted by Gasteiger charge is -2.12. The number of hydrogen-bond donors (Lipinski definition) is 0. The van der Waals surface area contributed by atoms with Crippen LogP contribution in [0.2, 0.25) is 0 Å². The van der Waals surface area contributed by atoms with Gasteiger partial charge in [-0.3, -0.25) is 0 Å². The number of nitrogens with zero attached hydrogens (tertiary/aromatic N) is 2. The van der Waals surface area contributed by atoms with Crippen LogP contribution < -0.4 is 0 Å². The first-order valence-electron chi connectivity index (χ1n) is 15.2. The van der Waals surface area contributed by atoms with Gasteiger partial charge >= 0.3 is 0 Å². The largest absolute Gasteiger partial charge is 0.192 e. The van der Waals surface area contributed by atoms with E-state index in [9.17, 15) is 10.5 Å². The van der Waals surface area contributed by atoms with Gasteiger partial charge in [-0.25, -0.2) is 0 Å². The maximum atomic E-state index is 9.88. The molecule has 0 heterocycles. The number of benzene rings is 7. The molecule has 7 aromatic rings. The molecule has 0 aromatic heterocycles. The third kappa shape index (κ3) is 5.97. The van der Waals surface area contributed by atoms with Gasteiger partial charge < -0.3 is 0 Å². The molecule has 2 heteroatoms. The van der Waals surface area contributed by atoms with Crippen molar-refractivity contribution in [2.24, 2.45) is 0 Å². The fourth-order valence-corrected chi connectivity index (χ4v) is 5.92. The minimum Gasteiger partial charge on any atom is -0.192 e. The maximum absolute atomic E-state index is 9.88. The summed E-state index contributed by atoms with van der Waals surface area (Å²) in [7, 11) is 0. The topological polar surface area (TPSA) is 47.6 Å². The molecule has 0 spiro atoms. The van der Waals surface area contributed by atoms with Gasteiger partial charge in [-0.1, -0.05) is 121 Å². The minimum atomic E-state index is 0.616. The van der Waals surface area contributed by atoms with Crippen molar-refractivity contribution in [3.8, 4) is 78.9 Å². The summed E-state index contributed by atoms with van der Waals surface area (Å²) < 4.78 is 0. The Hall–Kier alpha value is -6.48. The van der Waals surface area contributed by atoms with E-state index in [1.165, 1.54) is 0 Å². The Morgan fingerprint density at radius 3 is 0.848 bits per heavy atom. The zero-order valence-corrected chi connectivity index (χ0v) is 25.1. The lowest BCUT2D eigenvalue weighted by molar-refractivity contribution is 1.47. The fraction of sp³-hybridized carbons (Fsp3) is 0. The quantitative estimate of drug-likeness (QED) is 0.195. The van der Waals surface area contributed by atoms with Gasteiger partial charge in [-0.05, 0) is 115 Å². The second-order valence-electron chi connectivity index (χ2n) is 11.3. The fourth-order valence-electron chi connectivity index (χ4n) is 5.92. The van der Waals surface area contributed by atoms with Crippen LogP contribution in [0.5, 0.6) is 0 Å². The van der Waals surface area contributed by atoms with Gasteiger partial charge in [0.1, 0.15) is 0 Å². The predicted molar refractivity (Wildman–Crippen MR) is 188 cm³/mol. The normalized spacial score (nSPS) is 10.6. The molecule has 7 aromatic carbocycles. The Balaban J connectivity index is 1.22. The molecule has 0 atom stereocenters. The van der Waals surface area contributed by atoms with E-state index in [2.05, 4.69) is 121 Å². The lowest BCUT2D eigenvalue weighted by atomic mass is 9.92. The van der Waals surface area contributed by atoms with Crippen molar-refractivity contribution >= 4 is 0 Å². The van der Waals surface area contributed by atoms with Gasteiger partial charge in [0.2, 0.25) is 0 Å². The summed E-state index contributed by atoms with van der Waals surface area (Å²) in [5, 5.41) is 19.8. The van der Waals surface area contributed by atoms with Crippen molar-refractivity contribution in [1.82, 2.24) is 0 Å². The molecule has 0 aliphatic carbocycles. The molecule has 0 saturated carbocycles. The molecule has 0 fully saturated rings. The lowest BCUT2D eigenvalue weighted by Crippen LogP contribution is -1.88. The first-order chi connectivity index (χ1) is 22.7. The Kier molecular flexibility index (Phi) is 7.77. The molecule has 0 unspecified atom stereocenters. The third-order valence-electron chi connectivity index (χ3n) is 8.28. The van der Waals surface area contributed by atoms with Crippen LogP contribution in [0, 0.1) is 22.7 Å². The van der Waals surface area contributed by atoms with Crippen molar-refractivity contribution in [2.45, 2.75) is 0 Å². The smallest absolute Gasteiger partial charge is 0.0992 e. The molecule has 0 N–H and O–H groups in total. The molecular weight excluding hydrogens is 556 g/mol. The highest BCUT2D eigenvalue weighted by molar-refractivity contribution is 5.81. The Morgan fingerprint density at radius 1 is 0.239 bits per heavy atom. The average Bonchev–Trinajstić information content (AvgIpc) is 3.15. The zero-order chi connectivity index (χ0) is 31.3. The zero-order valence-electron chi connectivity index (χ0n) is 25.1. The van der Waals surface area contributed by atoms with E-state index < -0.39 is 0 Å². The first kappa shape index (κ1) is 28.3. The van der Waals surface area contributed by atoms with Crippen molar-refractivity contribution in [3.05, 3.63) is 181 Å². The highest BCUT2D eigenvalue weighted by Crippen LogP contribution is 2.34. The summed E-state index contributed by atoms with van der Waals surface area (Å²) in [6.07, 6.45) is 0. The maximum Gasteiger partial charge on any atom is 0.0992 e. The Morgan fingerprint density at radius 2 is 0.500 bits per heavy atom. The molecule has 0 aliphatic heterocycles. The summed E-state index contributed by atoms with van der Waals surface area (Å²) in [6.45, 7) is 0.